The van der Waals surface area contributed by atoms with Gasteiger partial charge in [0.1, 0.15) is 5.58 Å². The molecule has 0 bridgehead atoms. The Morgan fingerprint density at radius 3 is 2.54 bits per heavy atom. The first kappa shape index (κ1) is 16.2. The number of nitrogens with one attached hydrogen (secondary N) is 2. The summed E-state index contributed by atoms with van der Waals surface area (Å²) < 4.78 is 5.65. The molecule has 0 fully saturated rings. The zero-order valence-electron chi connectivity index (χ0n) is 14.2. The highest BCUT2D eigenvalue weighted by Crippen LogP contribution is 2.30. The third-order valence-corrected chi connectivity index (χ3v) is 4.63. The molecule has 2 aromatic carbocycles. The number of hydrogen-bond donors (Lipinski definition) is 3. The molecule has 6 heteroatoms. The molecule has 4 rings (SSSR count). The fourth-order valence-corrected chi connectivity index (χ4v) is 3.48. The third-order valence-electron chi connectivity index (χ3n) is 4.63. The van der Waals surface area contributed by atoms with Gasteiger partial charge in [-0.1, -0.05) is 6.07 Å². The van der Waals surface area contributed by atoms with Crippen molar-refractivity contribution in [3.05, 3.63) is 59.4 Å². The summed E-state index contributed by atoms with van der Waals surface area (Å²) in [6.45, 7) is 0. The molecular formula is C20H19N3O3. The lowest BCUT2D eigenvalue weighted by Gasteiger charge is -2.07. The van der Waals surface area contributed by atoms with Crippen LogP contribution < -0.4 is 16.4 Å². The van der Waals surface area contributed by atoms with Gasteiger partial charge in [0.25, 0.3) is 0 Å². The van der Waals surface area contributed by atoms with E-state index in [1.54, 1.807) is 30.5 Å². The molecule has 1 aliphatic rings. The normalized spacial score (nSPS) is 12.8. The van der Waals surface area contributed by atoms with Gasteiger partial charge in [-0.2, -0.15) is 0 Å². The van der Waals surface area contributed by atoms with Crippen LogP contribution in [0.3, 0.4) is 0 Å². The maximum Gasteiger partial charge on any atom is 0.316 e. The van der Waals surface area contributed by atoms with Crippen LogP contribution in [0.15, 0.2) is 47.1 Å². The van der Waals surface area contributed by atoms with Crippen LogP contribution in [-0.2, 0) is 24.1 Å². The highest BCUT2D eigenvalue weighted by atomic mass is 16.3. The van der Waals surface area contributed by atoms with Crippen molar-refractivity contribution >= 4 is 34.3 Å². The highest BCUT2D eigenvalue weighted by Gasteiger charge is 2.16. The second kappa shape index (κ2) is 6.55. The molecule has 132 valence electrons. The first-order chi connectivity index (χ1) is 12.6. The minimum atomic E-state index is -0.647. The number of carbonyl (C=O) groups excluding carboxylic acids is 2. The maximum atomic E-state index is 12.4. The molecule has 0 atom stereocenters. The quantitative estimate of drug-likeness (QED) is 0.671. The molecule has 0 radical (unpaired) electrons. The van der Waals surface area contributed by atoms with Gasteiger partial charge in [0.15, 0.2) is 0 Å². The van der Waals surface area contributed by atoms with Crippen LogP contribution in [-0.4, -0.2) is 11.9 Å². The average Bonchev–Trinajstić information content (AvgIpc) is 3.19. The fourth-order valence-electron chi connectivity index (χ4n) is 3.48. The lowest BCUT2D eigenvalue weighted by atomic mass is 10.0. The van der Waals surface area contributed by atoms with E-state index in [0.717, 1.165) is 29.4 Å². The lowest BCUT2D eigenvalue weighted by molar-refractivity contribution is -0.115. The van der Waals surface area contributed by atoms with E-state index in [2.05, 4.69) is 22.8 Å². The molecule has 1 heterocycles. The number of nitrogens with two attached hydrogens (primary N) is 1. The van der Waals surface area contributed by atoms with Crippen molar-refractivity contribution in [2.45, 2.75) is 25.7 Å². The van der Waals surface area contributed by atoms with Gasteiger partial charge in [-0.15, -0.1) is 0 Å². The predicted molar refractivity (Wildman–Crippen MR) is 100 cm³/mol. The Morgan fingerprint density at radius 1 is 1.04 bits per heavy atom. The van der Waals surface area contributed by atoms with Crippen LogP contribution in [0.2, 0.25) is 0 Å². The summed E-state index contributed by atoms with van der Waals surface area (Å²) >= 11 is 0. The number of benzene rings is 2. The van der Waals surface area contributed by atoms with E-state index in [1.165, 1.54) is 17.5 Å². The highest BCUT2D eigenvalue weighted by molar-refractivity contribution is 5.96. The van der Waals surface area contributed by atoms with Crippen molar-refractivity contribution < 1.29 is 14.0 Å². The van der Waals surface area contributed by atoms with Gasteiger partial charge in [-0.3, -0.25) is 4.79 Å². The molecule has 3 aromatic rings. The number of hydrogen-bond acceptors (Lipinski definition) is 3. The Morgan fingerprint density at radius 2 is 1.77 bits per heavy atom. The van der Waals surface area contributed by atoms with Crippen LogP contribution in [0.5, 0.6) is 0 Å². The summed E-state index contributed by atoms with van der Waals surface area (Å²) in [5, 5.41) is 6.33. The van der Waals surface area contributed by atoms with Gasteiger partial charge in [0.2, 0.25) is 5.91 Å². The van der Waals surface area contributed by atoms with E-state index in [-0.39, 0.29) is 12.3 Å². The lowest BCUT2D eigenvalue weighted by Crippen LogP contribution is -2.19. The molecule has 26 heavy (non-hydrogen) atoms. The molecule has 1 aromatic heterocycles. The van der Waals surface area contributed by atoms with Gasteiger partial charge in [0, 0.05) is 22.3 Å². The first-order valence-corrected chi connectivity index (χ1v) is 8.57. The van der Waals surface area contributed by atoms with Gasteiger partial charge in [0.05, 0.1) is 12.7 Å². The topological polar surface area (TPSA) is 97.4 Å². The monoisotopic (exact) mass is 349 g/mol. The van der Waals surface area contributed by atoms with Crippen LogP contribution in [0.25, 0.3) is 11.0 Å². The van der Waals surface area contributed by atoms with E-state index in [1.807, 2.05) is 0 Å². The second-order valence-corrected chi connectivity index (χ2v) is 6.53. The van der Waals surface area contributed by atoms with Crippen molar-refractivity contribution in [2.24, 2.45) is 5.73 Å². The average molecular weight is 349 g/mol. The summed E-state index contributed by atoms with van der Waals surface area (Å²) in [5.74, 6) is -0.149. The minimum absolute atomic E-state index is 0.149. The Kier molecular flexibility index (Phi) is 4.08. The molecule has 6 nitrogen and oxygen atoms in total. The van der Waals surface area contributed by atoms with Crippen LogP contribution in [0.4, 0.5) is 16.2 Å². The van der Waals surface area contributed by atoms with E-state index in [0.29, 0.717) is 11.4 Å². The Bertz CT molecular complexity index is 1010. The third kappa shape index (κ3) is 3.26. The Hall–Kier alpha value is -3.28. The van der Waals surface area contributed by atoms with Crippen molar-refractivity contribution in [2.75, 3.05) is 10.6 Å². The van der Waals surface area contributed by atoms with Crippen molar-refractivity contribution in [1.82, 2.24) is 0 Å². The van der Waals surface area contributed by atoms with Crippen LogP contribution in [0, 0.1) is 0 Å². The molecule has 4 N–H and O–H groups in total. The number of fused-ring (bicyclic) bond motifs is 2. The molecule has 0 spiro atoms. The number of furan rings is 1. The number of amides is 3. The van der Waals surface area contributed by atoms with E-state index in [4.69, 9.17) is 10.2 Å². The van der Waals surface area contributed by atoms with Crippen LogP contribution in [0.1, 0.15) is 23.1 Å². The molecule has 0 saturated carbocycles. The summed E-state index contributed by atoms with van der Waals surface area (Å²) in [4.78, 5) is 23.4. The number of aryl methyl sites for hydroxylation is 2. The molecule has 0 aliphatic heterocycles. The van der Waals surface area contributed by atoms with Crippen LogP contribution >= 0.6 is 0 Å². The van der Waals surface area contributed by atoms with Gasteiger partial charge in [-0.25, -0.2) is 4.79 Å². The zero-order chi connectivity index (χ0) is 18.1. The fraction of sp³-hybridized carbons (Fsp3) is 0.200. The summed E-state index contributed by atoms with van der Waals surface area (Å²) in [6, 6.07) is 10.4. The smallest absolute Gasteiger partial charge is 0.316 e. The largest absolute Gasteiger partial charge is 0.464 e. The van der Waals surface area contributed by atoms with E-state index < -0.39 is 6.03 Å². The standard InChI is InChI=1S/C20H19N3O3/c21-20(25)23-16-6-2-5-15(10-16)22-19(24)9-14-11-26-18-8-13-4-1-3-12(13)7-17(14)18/h2,5-8,10-11H,1,3-4,9H2,(H,22,24)(H3,21,23,25). The predicted octanol–water partition coefficient (Wildman–Crippen LogP) is 3.59. The van der Waals surface area contributed by atoms with E-state index >= 15 is 0 Å². The number of urea groups is 1. The molecule has 1 aliphatic carbocycles. The Labute approximate surface area is 150 Å². The summed E-state index contributed by atoms with van der Waals surface area (Å²) in [7, 11) is 0. The SMILES string of the molecule is NC(=O)Nc1cccc(NC(=O)Cc2coc3cc4c(cc23)CCC4)c1. The number of anilines is 2. The minimum Gasteiger partial charge on any atom is -0.464 e. The van der Waals surface area contributed by atoms with E-state index in [9.17, 15) is 9.59 Å². The van der Waals surface area contributed by atoms with Gasteiger partial charge >= 0.3 is 6.03 Å². The molecular weight excluding hydrogens is 330 g/mol. The first-order valence-electron chi connectivity index (χ1n) is 8.57. The summed E-state index contributed by atoms with van der Waals surface area (Å²) in [6.07, 6.45) is 5.23. The molecule has 0 saturated heterocycles. The number of primary amides is 1. The number of carbonyl (C=O) groups is 2. The Balaban J connectivity index is 1.50. The van der Waals surface area contributed by atoms with Crippen molar-refractivity contribution in [1.29, 1.82) is 0 Å². The molecule has 0 unspecified atom stereocenters. The maximum absolute atomic E-state index is 12.4. The van der Waals surface area contributed by atoms with Gasteiger partial charge in [-0.05, 0) is 60.7 Å². The van der Waals surface area contributed by atoms with Crippen molar-refractivity contribution in [3.8, 4) is 0 Å². The molecule has 3 amide bonds. The zero-order valence-corrected chi connectivity index (χ0v) is 14.2. The van der Waals surface area contributed by atoms with Gasteiger partial charge < -0.3 is 20.8 Å². The second-order valence-electron chi connectivity index (χ2n) is 6.53. The van der Waals surface area contributed by atoms with Crippen molar-refractivity contribution in [3.63, 3.8) is 0 Å². The number of rotatable bonds is 4. The summed E-state index contributed by atoms with van der Waals surface area (Å²) in [5.41, 5.74) is 10.6.